The third-order valence-corrected chi connectivity index (χ3v) is 6.68. The number of fused-ring (bicyclic) bond motifs is 3. The van der Waals surface area contributed by atoms with E-state index in [2.05, 4.69) is 50.9 Å². The van der Waals surface area contributed by atoms with E-state index < -0.39 is 0 Å². The molecule has 0 radical (unpaired) electrons. The van der Waals surface area contributed by atoms with Crippen molar-refractivity contribution >= 4 is 21.6 Å². The van der Waals surface area contributed by atoms with Gasteiger partial charge in [0.05, 0.1) is 37.7 Å². The van der Waals surface area contributed by atoms with Crippen LogP contribution in [0.4, 0.5) is 10.1 Å². The SMILES string of the molecule is OCCOCCNC[C@H]1CC[C@@H]2[C@H](O1)c1cc(Br)cc(F)c1N[C@H]2C1C=CC=CC1. The van der Waals surface area contributed by atoms with Crippen molar-refractivity contribution in [1.29, 1.82) is 0 Å². The fourth-order valence-corrected chi connectivity index (χ4v) is 5.28. The minimum atomic E-state index is -0.233. The summed E-state index contributed by atoms with van der Waals surface area (Å²) in [5, 5.41) is 15.7. The van der Waals surface area contributed by atoms with Gasteiger partial charge in [0.1, 0.15) is 5.82 Å². The highest BCUT2D eigenvalue weighted by Crippen LogP contribution is 2.49. The van der Waals surface area contributed by atoms with E-state index in [1.165, 1.54) is 6.07 Å². The molecule has 0 saturated carbocycles. The zero-order valence-corrected chi connectivity index (χ0v) is 18.6. The van der Waals surface area contributed by atoms with Gasteiger partial charge in [-0.2, -0.15) is 0 Å². The molecule has 3 aliphatic rings. The molecule has 5 atom stereocenters. The standard InChI is InChI=1S/C23H30BrFN2O3/c24-16-12-19-22(20(25)13-16)27-21(15-4-2-1-3-5-15)18-7-6-17(30-23(18)19)14-26-8-10-29-11-9-28/h1-4,12-13,15,17-18,21,23,26-28H,5-11,14H2/t15?,17-,18+,21+,23+/m1/s1. The minimum absolute atomic E-state index is 0.0432. The van der Waals surface area contributed by atoms with Gasteiger partial charge in [0.25, 0.3) is 0 Å². The van der Waals surface area contributed by atoms with Crippen molar-refractivity contribution in [2.75, 3.05) is 38.2 Å². The van der Waals surface area contributed by atoms with Crippen LogP contribution in [0, 0.1) is 17.7 Å². The Kier molecular flexibility index (Phi) is 7.59. The van der Waals surface area contributed by atoms with Crippen LogP contribution in [0.3, 0.4) is 0 Å². The lowest BCUT2D eigenvalue weighted by Gasteiger charge is -2.47. The van der Waals surface area contributed by atoms with Crippen molar-refractivity contribution in [3.05, 3.63) is 52.3 Å². The number of halogens is 2. The van der Waals surface area contributed by atoms with E-state index in [0.717, 1.165) is 35.8 Å². The lowest BCUT2D eigenvalue weighted by molar-refractivity contribution is -0.0943. The van der Waals surface area contributed by atoms with Crippen molar-refractivity contribution in [3.8, 4) is 0 Å². The summed E-state index contributed by atoms with van der Waals surface area (Å²) in [5.74, 6) is 0.403. The average molecular weight is 481 g/mol. The Morgan fingerprint density at radius 3 is 2.97 bits per heavy atom. The molecular weight excluding hydrogens is 451 g/mol. The number of benzene rings is 1. The molecule has 164 valence electrons. The summed E-state index contributed by atoms with van der Waals surface area (Å²) < 4.78 is 27.4. The van der Waals surface area contributed by atoms with E-state index in [1.807, 2.05) is 6.07 Å². The summed E-state index contributed by atoms with van der Waals surface area (Å²) in [6.45, 7) is 2.42. The summed E-state index contributed by atoms with van der Waals surface area (Å²) in [6.07, 6.45) is 11.5. The van der Waals surface area contributed by atoms with Crippen molar-refractivity contribution < 1.29 is 19.0 Å². The van der Waals surface area contributed by atoms with Gasteiger partial charge in [-0.15, -0.1) is 0 Å². The fourth-order valence-electron chi connectivity index (χ4n) is 4.84. The van der Waals surface area contributed by atoms with Crippen molar-refractivity contribution in [3.63, 3.8) is 0 Å². The molecule has 1 saturated heterocycles. The maximum Gasteiger partial charge on any atom is 0.147 e. The summed E-state index contributed by atoms with van der Waals surface area (Å²) >= 11 is 3.45. The summed E-state index contributed by atoms with van der Waals surface area (Å²) in [4.78, 5) is 0. The Morgan fingerprint density at radius 1 is 1.27 bits per heavy atom. The number of rotatable bonds is 8. The Hall–Kier alpha value is -1.25. The number of hydrogen-bond acceptors (Lipinski definition) is 5. The van der Waals surface area contributed by atoms with E-state index in [1.54, 1.807) is 0 Å². The van der Waals surface area contributed by atoms with Gasteiger partial charge in [0.15, 0.2) is 0 Å². The quantitative estimate of drug-likeness (QED) is 0.491. The normalized spacial score (nSPS) is 29.9. The Morgan fingerprint density at radius 2 is 2.17 bits per heavy atom. The molecule has 3 N–H and O–H groups in total. The van der Waals surface area contributed by atoms with Crippen molar-refractivity contribution in [2.24, 2.45) is 11.8 Å². The van der Waals surface area contributed by atoms with Gasteiger partial charge in [-0.25, -0.2) is 4.39 Å². The molecule has 1 fully saturated rings. The zero-order valence-electron chi connectivity index (χ0n) is 17.0. The monoisotopic (exact) mass is 480 g/mol. The predicted molar refractivity (Wildman–Crippen MR) is 119 cm³/mol. The van der Waals surface area contributed by atoms with Crippen LogP contribution in [-0.4, -0.2) is 50.2 Å². The molecule has 1 unspecified atom stereocenters. The summed E-state index contributed by atoms with van der Waals surface area (Å²) in [5.41, 5.74) is 1.49. The fraction of sp³-hybridized carbons (Fsp3) is 0.565. The first kappa shape index (κ1) is 22.0. The highest BCUT2D eigenvalue weighted by Gasteiger charge is 2.44. The van der Waals surface area contributed by atoms with Crippen LogP contribution in [0.5, 0.6) is 0 Å². The van der Waals surface area contributed by atoms with Crippen LogP contribution < -0.4 is 10.6 Å². The second-order valence-electron chi connectivity index (χ2n) is 8.19. The molecule has 2 aliphatic heterocycles. The maximum absolute atomic E-state index is 14.9. The second kappa shape index (κ2) is 10.4. The van der Waals surface area contributed by atoms with E-state index in [9.17, 15) is 4.39 Å². The van der Waals surface area contributed by atoms with Gasteiger partial charge in [0, 0.05) is 41.0 Å². The van der Waals surface area contributed by atoms with Crippen LogP contribution in [0.2, 0.25) is 0 Å². The molecule has 5 nitrogen and oxygen atoms in total. The molecule has 0 amide bonds. The third kappa shape index (κ3) is 4.97. The molecule has 7 heteroatoms. The number of anilines is 1. The largest absolute Gasteiger partial charge is 0.394 e. The van der Waals surface area contributed by atoms with E-state index in [4.69, 9.17) is 14.6 Å². The van der Waals surface area contributed by atoms with Crippen LogP contribution in [0.15, 0.2) is 40.9 Å². The van der Waals surface area contributed by atoms with Gasteiger partial charge in [-0.1, -0.05) is 40.2 Å². The molecular formula is C23H30BrFN2O3. The molecule has 1 aromatic carbocycles. The Balaban J connectivity index is 1.48. The zero-order chi connectivity index (χ0) is 20.9. The van der Waals surface area contributed by atoms with Crippen molar-refractivity contribution in [2.45, 2.75) is 37.5 Å². The first-order valence-electron chi connectivity index (χ1n) is 10.8. The second-order valence-corrected chi connectivity index (χ2v) is 9.11. The molecule has 4 rings (SSSR count). The summed E-state index contributed by atoms with van der Waals surface area (Å²) in [7, 11) is 0. The molecule has 30 heavy (non-hydrogen) atoms. The lowest BCUT2D eigenvalue weighted by atomic mass is 9.73. The first-order chi connectivity index (χ1) is 14.7. The predicted octanol–water partition coefficient (Wildman–Crippen LogP) is 3.95. The highest BCUT2D eigenvalue weighted by atomic mass is 79.9. The minimum Gasteiger partial charge on any atom is -0.394 e. The van der Waals surface area contributed by atoms with Crippen LogP contribution in [0.1, 0.15) is 30.9 Å². The maximum atomic E-state index is 14.9. The van der Waals surface area contributed by atoms with E-state index in [0.29, 0.717) is 37.3 Å². The molecule has 1 aliphatic carbocycles. The number of aliphatic hydroxyl groups is 1. The van der Waals surface area contributed by atoms with Crippen LogP contribution in [-0.2, 0) is 9.47 Å². The van der Waals surface area contributed by atoms with Gasteiger partial charge in [0.2, 0.25) is 0 Å². The third-order valence-electron chi connectivity index (χ3n) is 6.22. The molecule has 0 aromatic heterocycles. The smallest absolute Gasteiger partial charge is 0.147 e. The molecule has 0 spiro atoms. The van der Waals surface area contributed by atoms with Gasteiger partial charge >= 0.3 is 0 Å². The average Bonchev–Trinajstić information content (AvgIpc) is 2.76. The Labute approximate surface area is 185 Å². The van der Waals surface area contributed by atoms with Gasteiger partial charge in [-0.05, 0) is 31.4 Å². The van der Waals surface area contributed by atoms with Crippen molar-refractivity contribution in [1.82, 2.24) is 5.32 Å². The number of nitrogens with one attached hydrogen (secondary N) is 2. The number of ether oxygens (including phenoxy) is 2. The van der Waals surface area contributed by atoms with E-state index >= 15 is 0 Å². The van der Waals surface area contributed by atoms with Crippen LogP contribution in [0.25, 0.3) is 0 Å². The summed E-state index contributed by atoms with van der Waals surface area (Å²) in [6, 6.07) is 3.67. The molecule has 2 heterocycles. The number of aliphatic hydroxyl groups excluding tert-OH is 1. The molecule has 1 aromatic rings. The Bertz CT molecular complexity index is 788. The van der Waals surface area contributed by atoms with Gasteiger partial charge in [-0.3, -0.25) is 0 Å². The van der Waals surface area contributed by atoms with E-state index in [-0.39, 0.29) is 30.7 Å². The molecule has 0 bridgehead atoms. The lowest BCUT2D eigenvalue weighted by Crippen LogP contribution is -2.48. The first-order valence-corrected chi connectivity index (χ1v) is 11.6. The highest BCUT2D eigenvalue weighted by molar-refractivity contribution is 9.10. The number of hydrogen-bond donors (Lipinski definition) is 3. The van der Waals surface area contributed by atoms with Crippen LogP contribution >= 0.6 is 15.9 Å². The number of allylic oxidation sites excluding steroid dienone is 3. The van der Waals surface area contributed by atoms with Gasteiger partial charge < -0.3 is 25.2 Å². The topological polar surface area (TPSA) is 62.8 Å².